The minimum atomic E-state index is -0.667. The van der Waals surface area contributed by atoms with Crippen LogP contribution in [0.2, 0.25) is 0 Å². The van der Waals surface area contributed by atoms with Gasteiger partial charge in [0.1, 0.15) is 6.04 Å². The van der Waals surface area contributed by atoms with Gasteiger partial charge in [-0.3, -0.25) is 9.59 Å². The Hall–Kier alpha value is -2.88. The molecule has 2 aliphatic rings. The van der Waals surface area contributed by atoms with Crippen LogP contribution in [0.3, 0.4) is 0 Å². The van der Waals surface area contributed by atoms with E-state index in [0.717, 1.165) is 12.0 Å². The molecule has 4 heteroatoms. The number of rotatable bonds is 3. The Morgan fingerprint density at radius 3 is 2.27 bits per heavy atom. The second-order valence-electron chi connectivity index (χ2n) is 8.87. The van der Waals surface area contributed by atoms with Crippen LogP contribution < -0.4 is 5.32 Å². The molecule has 1 saturated heterocycles. The Balaban J connectivity index is 1.80. The SMILES string of the molecule is CC1=C(C)C[C@]2(CNC(=O)[C@H](C)N(Cc3ccccc3)C2=O)[C@H](c2ccccc2)C1. The highest BCUT2D eigenvalue weighted by Crippen LogP contribution is 2.51. The quantitative estimate of drug-likeness (QED) is 0.772. The van der Waals surface area contributed by atoms with Crippen LogP contribution >= 0.6 is 0 Å². The minimum absolute atomic E-state index is 0.0405. The van der Waals surface area contributed by atoms with E-state index in [-0.39, 0.29) is 17.7 Å². The van der Waals surface area contributed by atoms with Crippen LogP contribution in [0.4, 0.5) is 0 Å². The van der Waals surface area contributed by atoms with E-state index in [0.29, 0.717) is 19.5 Å². The first-order chi connectivity index (χ1) is 14.4. The van der Waals surface area contributed by atoms with Gasteiger partial charge in [-0.25, -0.2) is 0 Å². The summed E-state index contributed by atoms with van der Waals surface area (Å²) in [5.74, 6) is 0.0450. The van der Waals surface area contributed by atoms with E-state index in [4.69, 9.17) is 0 Å². The molecule has 1 heterocycles. The van der Waals surface area contributed by atoms with E-state index >= 15 is 0 Å². The van der Waals surface area contributed by atoms with Crippen molar-refractivity contribution in [3.05, 3.63) is 82.9 Å². The first-order valence-electron chi connectivity index (χ1n) is 10.8. The minimum Gasteiger partial charge on any atom is -0.353 e. The smallest absolute Gasteiger partial charge is 0.242 e. The van der Waals surface area contributed by atoms with E-state index < -0.39 is 11.5 Å². The van der Waals surface area contributed by atoms with Crippen LogP contribution in [0.1, 0.15) is 50.7 Å². The molecule has 0 bridgehead atoms. The summed E-state index contributed by atoms with van der Waals surface area (Å²) in [4.78, 5) is 28.9. The summed E-state index contributed by atoms with van der Waals surface area (Å²) in [7, 11) is 0. The van der Waals surface area contributed by atoms with Crippen molar-refractivity contribution in [2.75, 3.05) is 6.54 Å². The van der Waals surface area contributed by atoms with E-state index in [1.807, 2.05) is 55.5 Å². The number of nitrogens with zero attached hydrogens (tertiary/aromatic N) is 1. The summed E-state index contributed by atoms with van der Waals surface area (Å²) in [6.07, 6.45) is 1.51. The van der Waals surface area contributed by atoms with E-state index in [1.165, 1.54) is 16.7 Å². The average Bonchev–Trinajstić information content (AvgIpc) is 2.85. The summed E-state index contributed by atoms with van der Waals surface area (Å²) in [6, 6.07) is 19.8. The Morgan fingerprint density at radius 1 is 0.967 bits per heavy atom. The first-order valence-corrected chi connectivity index (χ1v) is 10.8. The number of carbonyl (C=O) groups excluding carboxylic acids is 2. The van der Waals surface area contributed by atoms with Crippen LogP contribution in [0.15, 0.2) is 71.8 Å². The highest BCUT2D eigenvalue weighted by atomic mass is 16.2. The Bertz CT molecular complexity index is 967. The van der Waals surface area contributed by atoms with Gasteiger partial charge in [-0.1, -0.05) is 71.8 Å². The van der Waals surface area contributed by atoms with Crippen LogP contribution in [-0.2, 0) is 16.1 Å². The molecule has 2 aromatic rings. The molecule has 156 valence electrons. The van der Waals surface area contributed by atoms with Crippen molar-refractivity contribution in [2.45, 2.75) is 52.1 Å². The first kappa shape index (κ1) is 20.4. The molecule has 1 N–H and O–H groups in total. The molecule has 4 nitrogen and oxygen atoms in total. The van der Waals surface area contributed by atoms with Crippen molar-refractivity contribution in [2.24, 2.45) is 5.41 Å². The number of hydrogen-bond acceptors (Lipinski definition) is 2. The van der Waals surface area contributed by atoms with Gasteiger partial charge in [0.05, 0.1) is 5.41 Å². The van der Waals surface area contributed by atoms with Gasteiger partial charge >= 0.3 is 0 Å². The third-order valence-corrected chi connectivity index (χ3v) is 7.00. The zero-order valence-electron chi connectivity index (χ0n) is 18.0. The number of amides is 2. The van der Waals surface area contributed by atoms with Gasteiger partial charge in [0.2, 0.25) is 11.8 Å². The lowest BCUT2D eigenvalue weighted by Crippen LogP contribution is -2.51. The fraction of sp³-hybridized carbons (Fsp3) is 0.385. The maximum Gasteiger partial charge on any atom is 0.242 e. The standard InChI is InChI=1S/C26H30N2O2/c1-18-14-23(22-12-8-5-9-13-22)26(15-19(18)2)17-27-24(29)20(3)28(25(26)30)16-21-10-6-4-7-11-21/h4-13,20,23H,14-17H2,1-3H3,(H,27,29)/t20-,23-,26-/m0/s1. The third-order valence-electron chi connectivity index (χ3n) is 7.00. The molecular formula is C26H30N2O2. The number of benzene rings is 2. The lowest BCUT2D eigenvalue weighted by atomic mass is 9.61. The number of nitrogens with one attached hydrogen (secondary N) is 1. The molecule has 1 fully saturated rings. The second-order valence-corrected chi connectivity index (χ2v) is 8.87. The molecule has 0 saturated carbocycles. The maximum absolute atomic E-state index is 14.2. The number of carbonyl (C=O) groups is 2. The third kappa shape index (κ3) is 3.55. The van der Waals surface area contributed by atoms with Crippen molar-refractivity contribution in [1.82, 2.24) is 10.2 Å². The number of allylic oxidation sites excluding steroid dienone is 2. The average molecular weight is 403 g/mol. The lowest BCUT2D eigenvalue weighted by molar-refractivity contribution is -0.147. The summed E-state index contributed by atoms with van der Waals surface area (Å²) in [5, 5.41) is 3.11. The zero-order valence-corrected chi connectivity index (χ0v) is 18.0. The predicted molar refractivity (Wildman–Crippen MR) is 119 cm³/mol. The zero-order chi connectivity index (χ0) is 21.3. The van der Waals surface area contributed by atoms with Crippen molar-refractivity contribution in [1.29, 1.82) is 0 Å². The molecule has 0 aromatic heterocycles. The van der Waals surface area contributed by atoms with Crippen molar-refractivity contribution < 1.29 is 9.59 Å². The second kappa shape index (κ2) is 8.10. The molecular weight excluding hydrogens is 372 g/mol. The van der Waals surface area contributed by atoms with E-state index in [2.05, 4.69) is 31.3 Å². The molecule has 3 atom stereocenters. The molecule has 0 radical (unpaired) electrons. The summed E-state index contributed by atoms with van der Waals surface area (Å²) in [6.45, 7) is 6.96. The summed E-state index contributed by atoms with van der Waals surface area (Å²) < 4.78 is 0. The van der Waals surface area contributed by atoms with Gasteiger partial charge < -0.3 is 10.2 Å². The van der Waals surface area contributed by atoms with E-state index in [9.17, 15) is 9.59 Å². The predicted octanol–water partition coefficient (Wildman–Crippen LogP) is 4.43. The highest BCUT2D eigenvalue weighted by Gasteiger charge is 2.53. The monoisotopic (exact) mass is 402 g/mol. The number of hydrogen-bond donors (Lipinski definition) is 1. The molecule has 1 aliphatic heterocycles. The van der Waals surface area contributed by atoms with Crippen LogP contribution in [0, 0.1) is 5.41 Å². The van der Waals surface area contributed by atoms with Gasteiger partial charge in [-0.15, -0.1) is 0 Å². The van der Waals surface area contributed by atoms with Gasteiger partial charge in [-0.05, 0) is 44.7 Å². The van der Waals surface area contributed by atoms with Crippen LogP contribution in [-0.4, -0.2) is 29.3 Å². The fourth-order valence-electron chi connectivity index (χ4n) is 5.02. The van der Waals surface area contributed by atoms with Gasteiger partial charge in [-0.2, -0.15) is 0 Å². The fourth-order valence-corrected chi connectivity index (χ4v) is 5.02. The molecule has 1 aliphatic carbocycles. The molecule has 4 rings (SSSR count). The summed E-state index contributed by atoms with van der Waals surface area (Å²) in [5.41, 5.74) is 4.15. The molecule has 1 spiro atoms. The highest BCUT2D eigenvalue weighted by molar-refractivity contribution is 5.93. The van der Waals surface area contributed by atoms with Gasteiger partial charge in [0, 0.05) is 19.0 Å². The van der Waals surface area contributed by atoms with Gasteiger partial charge in [0.25, 0.3) is 0 Å². The lowest BCUT2D eigenvalue weighted by Gasteiger charge is -2.45. The van der Waals surface area contributed by atoms with Gasteiger partial charge in [0.15, 0.2) is 0 Å². The summed E-state index contributed by atoms with van der Waals surface area (Å²) >= 11 is 0. The van der Waals surface area contributed by atoms with Crippen LogP contribution in [0.5, 0.6) is 0 Å². The Kier molecular flexibility index (Phi) is 5.50. The topological polar surface area (TPSA) is 49.4 Å². The normalized spacial score (nSPS) is 27.2. The van der Waals surface area contributed by atoms with E-state index in [1.54, 1.807) is 4.90 Å². The molecule has 0 unspecified atom stereocenters. The van der Waals surface area contributed by atoms with Crippen molar-refractivity contribution in [3.8, 4) is 0 Å². The maximum atomic E-state index is 14.2. The van der Waals surface area contributed by atoms with Crippen LogP contribution in [0.25, 0.3) is 0 Å². The Labute approximate surface area is 179 Å². The van der Waals surface area contributed by atoms with Crippen molar-refractivity contribution >= 4 is 11.8 Å². The molecule has 2 amide bonds. The molecule has 30 heavy (non-hydrogen) atoms. The molecule has 2 aromatic carbocycles. The Morgan fingerprint density at radius 2 is 1.60 bits per heavy atom. The largest absolute Gasteiger partial charge is 0.353 e. The van der Waals surface area contributed by atoms with Crippen molar-refractivity contribution in [3.63, 3.8) is 0 Å².